The lowest BCUT2D eigenvalue weighted by Crippen LogP contribution is -2.07. The van der Waals surface area contributed by atoms with Crippen LogP contribution >= 0.6 is 0 Å². The zero-order valence-corrected chi connectivity index (χ0v) is 10.9. The molecule has 2 aromatic heterocycles. The second kappa shape index (κ2) is 5.12. The van der Waals surface area contributed by atoms with Gasteiger partial charge in [-0.25, -0.2) is 0 Å². The Morgan fingerprint density at radius 3 is 2.78 bits per heavy atom. The van der Waals surface area contributed by atoms with Crippen molar-refractivity contribution in [2.45, 2.75) is 33.2 Å². The number of aromatic nitrogens is 3. The Balaban J connectivity index is 2.11. The summed E-state index contributed by atoms with van der Waals surface area (Å²) < 4.78 is 1.86. The van der Waals surface area contributed by atoms with Crippen molar-refractivity contribution in [2.75, 3.05) is 0 Å². The number of rotatable bonds is 4. The van der Waals surface area contributed by atoms with E-state index in [1.807, 2.05) is 29.9 Å². The Morgan fingerprint density at radius 1 is 1.39 bits per heavy atom. The molecule has 0 saturated carbocycles. The molecule has 94 valence electrons. The normalized spacial score (nSPS) is 10.9. The predicted octanol–water partition coefficient (Wildman–Crippen LogP) is 2.59. The van der Waals surface area contributed by atoms with Gasteiger partial charge in [0.2, 0.25) is 0 Å². The topological polar surface area (TPSA) is 47.8 Å². The van der Waals surface area contributed by atoms with Crippen molar-refractivity contribution in [1.82, 2.24) is 14.8 Å². The number of ketones is 1. The summed E-state index contributed by atoms with van der Waals surface area (Å²) in [7, 11) is 0. The van der Waals surface area contributed by atoms with Gasteiger partial charge < -0.3 is 0 Å². The molecule has 0 radical (unpaired) electrons. The lowest BCUT2D eigenvalue weighted by molar-refractivity contribution is 0.0991. The molecule has 0 amide bonds. The molecular formula is C14H17N3O. The Labute approximate surface area is 107 Å². The minimum absolute atomic E-state index is 0.0782. The molecule has 0 saturated heterocycles. The fourth-order valence-electron chi connectivity index (χ4n) is 1.74. The van der Waals surface area contributed by atoms with Gasteiger partial charge in [0, 0.05) is 29.7 Å². The molecule has 0 fully saturated rings. The summed E-state index contributed by atoms with van der Waals surface area (Å²) in [5.74, 6) is 0.0782. The molecule has 0 atom stereocenters. The van der Waals surface area contributed by atoms with Crippen LogP contribution in [0.3, 0.4) is 0 Å². The first kappa shape index (κ1) is 12.5. The van der Waals surface area contributed by atoms with Gasteiger partial charge in [-0.05, 0) is 39.0 Å². The first-order valence-electron chi connectivity index (χ1n) is 6.06. The van der Waals surface area contributed by atoms with Gasteiger partial charge in [0.05, 0.1) is 12.1 Å². The van der Waals surface area contributed by atoms with Gasteiger partial charge in [0.15, 0.2) is 5.78 Å². The van der Waals surface area contributed by atoms with E-state index in [1.165, 1.54) is 0 Å². The molecule has 2 heterocycles. The Morgan fingerprint density at radius 2 is 2.17 bits per heavy atom. The number of carbonyl (C=O) groups excluding carboxylic acids is 1. The van der Waals surface area contributed by atoms with E-state index in [4.69, 9.17) is 0 Å². The molecule has 0 unspecified atom stereocenters. The summed E-state index contributed by atoms with van der Waals surface area (Å²) in [5.41, 5.74) is 2.36. The van der Waals surface area contributed by atoms with Crippen molar-refractivity contribution >= 4 is 5.78 Å². The van der Waals surface area contributed by atoms with Crippen LogP contribution in [-0.2, 0) is 6.42 Å². The highest BCUT2D eigenvalue weighted by Crippen LogP contribution is 2.09. The SMILES string of the molecule is Cc1cc(C(=O)Cc2ccn(C(C)C)n2)ccn1. The number of hydrogen-bond donors (Lipinski definition) is 0. The first-order valence-corrected chi connectivity index (χ1v) is 6.06. The number of Topliss-reactive ketones (excluding diaryl/α,β-unsaturated/α-hetero) is 1. The molecule has 4 heteroatoms. The van der Waals surface area contributed by atoms with Gasteiger partial charge in [-0.3, -0.25) is 14.5 Å². The lowest BCUT2D eigenvalue weighted by Gasteiger charge is -2.04. The minimum atomic E-state index is 0.0782. The average Bonchev–Trinajstić information content (AvgIpc) is 2.77. The second-order valence-electron chi connectivity index (χ2n) is 4.67. The Hall–Kier alpha value is -1.97. The zero-order valence-electron chi connectivity index (χ0n) is 10.9. The monoisotopic (exact) mass is 243 g/mol. The van der Waals surface area contributed by atoms with E-state index < -0.39 is 0 Å². The van der Waals surface area contributed by atoms with E-state index in [1.54, 1.807) is 12.3 Å². The largest absolute Gasteiger partial charge is 0.294 e. The molecule has 2 aromatic rings. The highest BCUT2D eigenvalue weighted by Gasteiger charge is 2.10. The fourth-order valence-corrected chi connectivity index (χ4v) is 1.74. The molecule has 0 aromatic carbocycles. The van der Waals surface area contributed by atoms with Gasteiger partial charge in [-0.15, -0.1) is 0 Å². The molecule has 18 heavy (non-hydrogen) atoms. The molecule has 2 rings (SSSR count). The smallest absolute Gasteiger partial charge is 0.169 e. The summed E-state index contributed by atoms with van der Waals surface area (Å²) in [6, 6.07) is 5.76. The standard InChI is InChI=1S/C14H17N3O/c1-10(2)17-7-5-13(16-17)9-14(18)12-4-6-15-11(3)8-12/h4-8,10H,9H2,1-3H3. The number of hydrogen-bond acceptors (Lipinski definition) is 3. The summed E-state index contributed by atoms with van der Waals surface area (Å²) in [4.78, 5) is 16.2. The van der Waals surface area contributed by atoms with Crippen molar-refractivity contribution in [1.29, 1.82) is 0 Å². The molecule has 4 nitrogen and oxygen atoms in total. The maximum Gasteiger partial charge on any atom is 0.169 e. The van der Waals surface area contributed by atoms with Gasteiger partial charge in [-0.2, -0.15) is 5.10 Å². The third-order valence-electron chi connectivity index (χ3n) is 2.75. The number of pyridine rings is 1. The second-order valence-corrected chi connectivity index (χ2v) is 4.67. The minimum Gasteiger partial charge on any atom is -0.294 e. The van der Waals surface area contributed by atoms with Crippen LogP contribution < -0.4 is 0 Å². The van der Waals surface area contributed by atoms with Gasteiger partial charge in [0.25, 0.3) is 0 Å². The van der Waals surface area contributed by atoms with E-state index in [-0.39, 0.29) is 5.78 Å². The van der Waals surface area contributed by atoms with E-state index in [0.717, 1.165) is 11.4 Å². The van der Waals surface area contributed by atoms with Crippen molar-refractivity contribution in [3.05, 3.63) is 47.5 Å². The van der Waals surface area contributed by atoms with Crippen LogP contribution in [0.15, 0.2) is 30.6 Å². The van der Waals surface area contributed by atoms with Crippen LogP contribution in [0.2, 0.25) is 0 Å². The zero-order chi connectivity index (χ0) is 13.1. The molecule has 0 bridgehead atoms. The highest BCUT2D eigenvalue weighted by atomic mass is 16.1. The van der Waals surface area contributed by atoms with Gasteiger partial charge >= 0.3 is 0 Å². The molecule has 0 N–H and O–H groups in total. The lowest BCUT2D eigenvalue weighted by atomic mass is 10.1. The maximum absolute atomic E-state index is 12.1. The molecular weight excluding hydrogens is 226 g/mol. The Kier molecular flexibility index (Phi) is 3.55. The van der Waals surface area contributed by atoms with Crippen molar-refractivity contribution in [3.63, 3.8) is 0 Å². The van der Waals surface area contributed by atoms with Crippen LogP contribution in [0.4, 0.5) is 0 Å². The predicted molar refractivity (Wildman–Crippen MR) is 69.6 cm³/mol. The van der Waals surface area contributed by atoms with E-state index in [9.17, 15) is 4.79 Å². The molecule has 0 spiro atoms. The molecule has 0 aliphatic heterocycles. The third-order valence-corrected chi connectivity index (χ3v) is 2.75. The quantitative estimate of drug-likeness (QED) is 0.775. The number of carbonyl (C=O) groups is 1. The third kappa shape index (κ3) is 2.83. The maximum atomic E-state index is 12.1. The molecule has 0 aliphatic rings. The summed E-state index contributed by atoms with van der Waals surface area (Å²) in [6.07, 6.45) is 3.91. The van der Waals surface area contributed by atoms with Crippen molar-refractivity contribution < 1.29 is 4.79 Å². The fraction of sp³-hybridized carbons (Fsp3) is 0.357. The van der Waals surface area contributed by atoms with E-state index in [2.05, 4.69) is 23.9 Å². The number of aryl methyl sites for hydroxylation is 1. The highest BCUT2D eigenvalue weighted by molar-refractivity contribution is 5.97. The van der Waals surface area contributed by atoms with E-state index >= 15 is 0 Å². The van der Waals surface area contributed by atoms with Crippen LogP contribution in [-0.4, -0.2) is 20.5 Å². The first-order chi connectivity index (χ1) is 8.56. The molecule has 0 aliphatic carbocycles. The van der Waals surface area contributed by atoms with Crippen LogP contribution in [0.25, 0.3) is 0 Å². The van der Waals surface area contributed by atoms with E-state index in [0.29, 0.717) is 18.0 Å². The summed E-state index contributed by atoms with van der Waals surface area (Å²) >= 11 is 0. The van der Waals surface area contributed by atoms with Crippen LogP contribution in [0, 0.1) is 6.92 Å². The van der Waals surface area contributed by atoms with Gasteiger partial charge in [-0.1, -0.05) is 0 Å². The van der Waals surface area contributed by atoms with Crippen LogP contribution in [0.1, 0.15) is 41.6 Å². The van der Waals surface area contributed by atoms with Crippen LogP contribution in [0.5, 0.6) is 0 Å². The Bertz CT molecular complexity index is 558. The van der Waals surface area contributed by atoms with Gasteiger partial charge in [0.1, 0.15) is 0 Å². The summed E-state index contributed by atoms with van der Waals surface area (Å²) in [6.45, 7) is 6.00. The van der Waals surface area contributed by atoms with Crippen molar-refractivity contribution in [2.24, 2.45) is 0 Å². The average molecular weight is 243 g/mol. The number of nitrogens with zero attached hydrogens (tertiary/aromatic N) is 3. The van der Waals surface area contributed by atoms with Crippen molar-refractivity contribution in [3.8, 4) is 0 Å². The summed E-state index contributed by atoms with van der Waals surface area (Å²) in [5, 5.41) is 4.38.